The Morgan fingerprint density at radius 1 is 1.19 bits per heavy atom. The first kappa shape index (κ1) is 17.4. The SMILES string of the molecule is Nc1[nH]c(=O)c(C(=O)O)c(-c2ccc(-n3ccnc3)c(Br)c2)c1C(=O)O. The number of hydrogen-bond acceptors (Lipinski definition) is 5. The predicted octanol–water partition coefficient (Wildman–Crippen LogP) is 1.97. The van der Waals surface area contributed by atoms with Gasteiger partial charge in [-0.15, -0.1) is 0 Å². The molecule has 0 aliphatic rings. The second-order valence-corrected chi connectivity index (χ2v) is 6.09. The lowest BCUT2D eigenvalue weighted by Gasteiger charge is -2.14. The van der Waals surface area contributed by atoms with Crippen molar-refractivity contribution in [1.29, 1.82) is 0 Å². The molecule has 2 aromatic heterocycles. The van der Waals surface area contributed by atoms with E-state index in [2.05, 4.69) is 25.9 Å². The van der Waals surface area contributed by atoms with Gasteiger partial charge < -0.3 is 25.5 Å². The number of nitrogen functional groups attached to an aromatic ring is 1. The minimum Gasteiger partial charge on any atom is -0.478 e. The molecule has 10 heteroatoms. The normalized spacial score (nSPS) is 10.7. The summed E-state index contributed by atoms with van der Waals surface area (Å²) < 4.78 is 2.25. The van der Waals surface area contributed by atoms with Crippen LogP contribution in [0, 0.1) is 0 Å². The fourth-order valence-corrected chi connectivity index (χ4v) is 3.19. The number of nitrogens with two attached hydrogens (primary N) is 1. The summed E-state index contributed by atoms with van der Waals surface area (Å²) in [4.78, 5) is 41.2. The lowest BCUT2D eigenvalue weighted by molar-refractivity contribution is 0.0695. The van der Waals surface area contributed by atoms with Gasteiger partial charge in [0.15, 0.2) is 0 Å². The molecule has 0 unspecified atom stereocenters. The van der Waals surface area contributed by atoms with E-state index in [1.165, 1.54) is 12.1 Å². The Bertz CT molecular complexity index is 1090. The number of carboxylic acid groups (broad SMARTS) is 2. The van der Waals surface area contributed by atoms with Crippen molar-refractivity contribution in [3.63, 3.8) is 0 Å². The molecule has 0 aliphatic heterocycles. The average molecular weight is 419 g/mol. The fourth-order valence-electron chi connectivity index (χ4n) is 2.61. The third-order valence-corrected chi connectivity index (χ3v) is 4.33. The van der Waals surface area contributed by atoms with Crippen LogP contribution in [0.4, 0.5) is 5.82 Å². The molecule has 0 radical (unpaired) electrons. The number of hydrogen-bond donors (Lipinski definition) is 4. The van der Waals surface area contributed by atoms with Gasteiger partial charge in [0.1, 0.15) is 16.9 Å². The van der Waals surface area contributed by atoms with Gasteiger partial charge in [-0.2, -0.15) is 0 Å². The molecule has 3 rings (SSSR count). The van der Waals surface area contributed by atoms with Crippen LogP contribution in [0.5, 0.6) is 0 Å². The Labute approximate surface area is 153 Å². The van der Waals surface area contributed by atoms with Crippen molar-refractivity contribution in [2.75, 3.05) is 5.73 Å². The maximum absolute atomic E-state index is 12.1. The Morgan fingerprint density at radius 3 is 2.42 bits per heavy atom. The van der Waals surface area contributed by atoms with Gasteiger partial charge in [0.05, 0.1) is 12.0 Å². The second kappa shape index (κ2) is 6.48. The summed E-state index contributed by atoms with van der Waals surface area (Å²) in [6, 6.07) is 4.66. The topological polar surface area (TPSA) is 151 Å². The zero-order valence-corrected chi connectivity index (χ0v) is 14.5. The molecule has 0 bridgehead atoms. The molecule has 132 valence electrons. The number of aromatic carboxylic acids is 2. The predicted molar refractivity (Wildman–Crippen MR) is 95.7 cm³/mol. The number of nitrogens with one attached hydrogen (secondary N) is 1. The molecule has 3 aromatic rings. The monoisotopic (exact) mass is 418 g/mol. The summed E-state index contributed by atoms with van der Waals surface area (Å²) in [5.41, 5.74) is 4.11. The third kappa shape index (κ3) is 2.86. The number of nitrogens with zero attached hydrogens (tertiary/aromatic N) is 2. The summed E-state index contributed by atoms with van der Waals surface area (Å²) in [7, 11) is 0. The van der Waals surface area contributed by atoms with Crippen LogP contribution >= 0.6 is 15.9 Å². The first-order valence-electron chi connectivity index (χ1n) is 7.12. The zero-order valence-electron chi connectivity index (χ0n) is 12.9. The minimum absolute atomic E-state index is 0.216. The number of aromatic amines is 1. The quantitative estimate of drug-likeness (QED) is 0.505. The van der Waals surface area contributed by atoms with Crippen LogP contribution in [0.2, 0.25) is 0 Å². The van der Waals surface area contributed by atoms with Gasteiger partial charge in [-0.3, -0.25) is 4.79 Å². The molecule has 9 nitrogen and oxygen atoms in total. The van der Waals surface area contributed by atoms with Gasteiger partial charge in [-0.25, -0.2) is 14.6 Å². The molecular weight excluding hydrogens is 408 g/mol. The molecule has 5 N–H and O–H groups in total. The van der Waals surface area contributed by atoms with Gasteiger partial charge in [0, 0.05) is 22.4 Å². The number of carboxylic acids is 2. The first-order chi connectivity index (χ1) is 12.3. The Balaban J connectivity index is 2.33. The van der Waals surface area contributed by atoms with Crippen LogP contribution in [0.25, 0.3) is 16.8 Å². The van der Waals surface area contributed by atoms with Crippen LogP contribution in [-0.4, -0.2) is 36.7 Å². The van der Waals surface area contributed by atoms with E-state index < -0.39 is 34.4 Å². The highest BCUT2D eigenvalue weighted by Crippen LogP contribution is 2.33. The summed E-state index contributed by atoms with van der Waals surface area (Å²) in [6.07, 6.45) is 4.86. The maximum atomic E-state index is 12.1. The molecule has 0 saturated carbocycles. The Kier molecular flexibility index (Phi) is 4.34. The standard InChI is InChI=1S/C16H11BrN4O5/c17-8-5-7(1-2-9(8)21-4-3-19-6-21)10-11(15(23)24)13(18)20-14(22)12(10)16(25)26/h1-6H,(H,23,24)(H,25,26)(H3,18,20,22). The molecule has 0 aliphatic carbocycles. The van der Waals surface area contributed by atoms with Gasteiger partial charge in [-0.1, -0.05) is 6.07 Å². The number of halogens is 1. The number of carbonyl (C=O) groups is 2. The highest BCUT2D eigenvalue weighted by molar-refractivity contribution is 9.10. The first-order valence-corrected chi connectivity index (χ1v) is 7.91. The lowest BCUT2D eigenvalue weighted by atomic mass is 9.95. The largest absolute Gasteiger partial charge is 0.478 e. The van der Waals surface area contributed by atoms with E-state index in [1.807, 2.05) is 0 Å². The molecule has 0 amide bonds. The number of benzene rings is 1. The third-order valence-electron chi connectivity index (χ3n) is 3.69. The maximum Gasteiger partial charge on any atom is 0.342 e. The fraction of sp³-hybridized carbons (Fsp3) is 0. The van der Waals surface area contributed by atoms with Crippen LogP contribution in [-0.2, 0) is 0 Å². The van der Waals surface area contributed by atoms with Gasteiger partial charge in [-0.05, 0) is 33.6 Å². The van der Waals surface area contributed by atoms with E-state index in [0.29, 0.717) is 10.2 Å². The molecule has 1 aromatic carbocycles. The van der Waals surface area contributed by atoms with Crippen LogP contribution in [0.1, 0.15) is 20.7 Å². The van der Waals surface area contributed by atoms with Crippen molar-refractivity contribution in [1.82, 2.24) is 14.5 Å². The van der Waals surface area contributed by atoms with Gasteiger partial charge in [0.25, 0.3) is 5.56 Å². The molecule has 0 saturated heterocycles. The van der Waals surface area contributed by atoms with Crippen molar-refractivity contribution in [2.45, 2.75) is 0 Å². The van der Waals surface area contributed by atoms with Gasteiger partial charge in [0.2, 0.25) is 0 Å². The lowest BCUT2D eigenvalue weighted by Crippen LogP contribution is -2.24. The second-order valence-electron chi connectivity index (χ2n) is 5.24. The summed E-state index contributed by atoms with van der Waals surface area (Å²) in [5, 5.41) is 18.9. The van der Waals surface area contributed by atoms with Crippen molar-refractivity contribution >= 4 is 33.7 Å². The van der Waals surface area contributed by atoms with E-state index in [0.717, 1.165) is 0 Å². The van der Waals surface area contributed by atoms with Crippen molar-refractivity contribution in [2.24, 2.45) is 0 Å². The molecular formula is C16H11BrN4O5. The summed E-state index contributed by atoms with van der Waals surface area (Å²) >= 11 is 3.37. The van der Waals surface area contributed by atoms with Gasteiger partial charge >= 0.3 is 11.9 Å². The zero-order chi connectivity index (χ0) is 19.0. The molecule has 0 spiro atoms. The molecule has 0 atom stereocenters. The number of H-pyrrole nitrogens is 1. The van der Waals surface area contributed by atoms with Crippen LogP contribution in [0.15, 0.2) is 46.2 Å². The number of anilines is 1. The molecule has 0 fully saturated rings. The Morgan fingerprint density at radius 2 is 1.88 bits per heavy atom. The smallest absolute Gasteiger partial charge is 0.342 e. The highest BCUT2D eigenvalue weighted by Gasteiger charge is 2.26. The van der Waals surface area contributed by atoms with Crippen molar-refractivity contribution in [3.8, 4) is 16.8 Å². The van der Waals surface area contributed by atoms with E-state index >= 15 is 0 Å². The van der Waals surface area contributed by atoms with Crippen LogP contribution < -0.4 is 11.3 Å². The number of imidazole rings is 1. The highest BCUT2D eigenvalue weighted by atomic mass is 79.9. The van der Waals surface area contributed by atoms with E-state index in [9.17, 15) is 24.6 Å². The van der Waals surface area contributed by atoms with Crippen LogP contribution in [0.3, 0.4) is 0 Å². The minimum atomic E-state index is -1.56. The van der Waals surface area contributed by atoms with Crippen molar-refractivity contribution < 1.29 is 19.8 Å². The van der Waals surface area contributed by atoms with E-state index in [1.54, 1.807) is 29.4 Å². The Hall–Kier alpha value is -3.40. The molecule has 26 heavy (non-hydrogen) atoms. The summed E-state index contributed by atoms with van der Waals surface area (Å²) in [6.45, 7) is 0. The van der Waals surface area contributed by atoms with E-state index in [4.69, 9.17) is 5.73 Å². The number of aromatic nitrogens is 3. The number of pyridine rings is 1. The molecule has 2 heterocycles. The van der Waals surface area contributed by atoms with E-state index in [-0.39, 0.29) is 11.1 Å². The van der Waals surface area contributed by atoms with Crippen molar-refractivity contribution in [3.05, 3.63) is 62.9 Å². The summed E-state index contributed by atoms with van der Waals surface area (Å²) in [5.74, 6) is -3.43. The number of rotatable bonds is 4. The average Bonchev–Trinajstić information content (AvgIpc) is 3.07.